The van der Waals surface area contributed by atoms with Crippen LogP contribution < -0.4 is 11.5 Å². The van der Waals surface area contributed by atoms with Gasteiger partial charge in [-0.2, -0.15) is 4.98 Å². The summed E-state index contributed by atoms with van der Waals surface area (Å²) in [6, 6.07) is 5.84. The van der Waals surface area contributed by atoms with Crippen LogP contribution in [-0.2, 0) is 12.8 Å². The van der Waals surface area contributed by atoms with Crippen LogP contribution >= 0.6 is 11.6 Å². The molecule has 0 radical (unpaired) electrons. The predicted octanol–water partition coefficient (Wildman–Crippen LogP) is 2.45. The van der Waals surface area contributed by atoms with Gasteiger partial charge in [-0.15, -0.1) is 0 Å². The molecule has 0 fully saturated rings. The molecule has 0 saturated heterocycles. The second-order valence-corrected chi connectivity index (χ2v) is 4.88. The summed E-state index contributed by atoms with van der Waals surface area (Å²) in [6.45, 7) is 0. The SMILES string of the molecule is Nc1nc(N)c2c(n1)CCCc1cc(Cl)ccc1-2. The molecule has 1 heterocycles. The molecule has 0 spiro atoms. The summed E-state index contributed by atoms with van der Waals surface area (Å²) in [4.78, 5) is 8.37. The third kappa shape index (κ3) is 1.78. The quantitative estimate of drug-likeness (QED) is 0.763. The van der Waals surface area contributed by atoms with Crippen molar-refractivity contribution in [2.75, 3.05) is 11.5 Å². The van der Waals surface area contributed by atoms with Crippen LogP contribution in [0.15, 0.2) is 18.2 Å². The third-order valence-electron chi connectivity index (χ3n) is 3.23. The number of hydrogen-bond donors (Lipinski definition) is 2. The Kier molecular flexibility index (Phi) is 2.59. The van der Waals surface area contributed by atoms with Crippen molar-refractivity contribution in [3.63, 3.8) is 0 Å². The summed E-state index contributed by atoms with van der Waals surface area (Å²) in [5.74, 6) is 0.687. The van der Waals surface area contributed by atoms with Crippen molar-refractivity contribution in [3.05, 3.63) is 34.5 Å². The van der Waals surface area contributed by atoms with E-state index in [1.54, 1.807) is 0 Å². The number of halogens is 1. The van der Waals surface area contributed by atoms with Crippen LogP contribution in [-0.4, -0.2) is 9.97 Å². The molecule has 0 amide bonds. The lowest BCUT2D eigenvalue weighted by molar-refractivity contribution is 0.813. The second kappa shape index (κ2) is 4.14. The Morgan fingerprint density at radius 1 is 1.11 bits per heavy atom. The topological polar surface area (TPSA) is 77.8 Å². The number of aryl methyl sites for hydroxylation is 2. The first kappa shape index (κ1) is 11.3. The first-order valence-corrected chi connectivity index (χ1v) is 6.23. The highest BCUT2D eigenvalue weighted by atomic mass is 35.5. The van der Waals surface area contributed by atoms with Crippen LogP contribution in [0, 0.1) is 0 Å². The van der Waals surface area contributed by atoms with E-state index in [0.717, 1.165) is 41.1 Å². The molecular weight excluding hydrogens is 248 g/mol. The largest absolute Gasteiger partial charge is 0.383 e. The second-order valence-electron chi connectivity index (χ2n) is 4.44. The summed E-state index contributed by atoms with van der Waals surface area (Å²) < 4.78 is 0. The third-order valence-corrected chi connectivity index (χ3v) is 3.46. The van der Waals surface area contributed by atoms with Gasteiger partial charge in [0.15, 0.2) is 0 Å². The molecule has 0 atom stereocenters. The molecule has 1 aliphatic carbocycles. The number of fused-ring (bicyclic) bond motifs is 3. The van der Waals surface area contributed by atoms with E-state index in [1.807, 2.05) is 18.2 Å². The first-order valence-electron chi connectivity index (χ1n) is 5.86. The maximum atomic E-state index is 6.04. The summed E-state index contributed by atoms with van der Waals surface area (Å²) in [5, 5.41) is 0.743. The van der Waals surface area contributed by atoms with Gasteiger partial charge in [0.1, 0.15) is 5.82 Å². The van der Waals surface area contributed by atoms with E-state index in [9.17, 15) is 0 Å². The normalized spacial score (nSPS) is 13.6. The van der Waals surface area contributed by atoms with Crippen LogP contribution in [0.2, 0.25) is 5.02 Å². The van der Waals surface area contributed by atoms with Gasteiger partial charge in [-0.05, 0) is 42.5 Å². The minimum absolute atomic E-state index is 0.240. The number of hydrogen-bond acceptors (Lipinski definition) is 4. The van der Waals surface area contributed by atoms with E-state index in [-0.39, 0.29) is 5.95 Å². The van der Waals surface area contributed by atoms with Gasteiger partial charge in [-0.1, -0.05) is 17.7 Å². The van der Waals surface area contributed by atoms with Gasteiger partial charge in [-0.3, -0.25) is 0 Å². The Hall–Kier alpha value is -1.81. The average Bonchev–Trinajstić information content (AvgIpc) is 2.47. The predicted molar refractivity (Wildman–Crippen MR) is 73.3 cm³/mol. The van der Waals surface area contributed by atoms with Crippen molar-refractivity contribution >= 4 is 23.4 Å². The van der Waals surface area contributed by atoms with E-state index in [1.165, 1.54) is 5.56 Å². The van der Waals surface area contributed by atoms with E-state index in [2.05, 4.69) is 9.97 Å². The maximum Gasteiger partial charge on any atom is 0.222 e. The number of anilines is 2. The lowest BCUT2D eigenvalue weighted by Gasteiger charge is -2.11. The average molecular weight is 261 g/mol. The van der Waals surface area contributed by atoms with Gasteiger partial charge < -0.3 is 11.5 Å². The highest BCUT2D eigenvalue weighted by molar-refractivity contribution is 6.30. The molecule has 0 unspecified atom stereocenters. The molecule has 92 valence electrons. The Labute approximate surface area is 110 Å². The van der Waals surface area contributed by atoms with Crippen LogP contribution in [0.3, 0.4) is 0 Å². The van der Waals surface area contributed by atoms with Gasteiger partial charge >= 0.3 is 0 Å². The van der Waals surface area contributed by atoms with Crippen LogP contribution in [0.25, 0.3) is 11.1 Å². The first-order chi connectivity index (χ1) is 8.65. The standard InChI is InChI=1S/C13H13ClN4/c14-8-4-5-9-7(6-8)2-1-3-10-11(9)12(15)18-13(16)17-10/h4-6H,1-3H2,(H4,15,16,17,18). The molecular formula is C13H13ClN4. The molecule has 1 aliphatic rings. The molecule has 0 aliphatic heterocycles. The van der Waals surface area contributed by atoms with Crippen LogP contribution in [0.1, 0.15) is 17.7 Å². The zero-order chi connectivity index (χ0) is 12.7. The molecule has 3 rings (SSSR count). The van der Waals surface area contributed by atoms with E-state index in [0.29, 0.717) is 5.82 Å². The Balaban J connectivity index is 2.30. The number of rotatable bonds is 0. The van der Waals surface area contributed by atoms with E-state index in [4.69, 9.17) is 23.1 Å². The summed E-state index contributed by atoms with van der Waals surface area (Å²) in [7, 11) is 0. The van der Waals surface area contributed by atoms with Gasteiger partial charge in [-0.25, -0.2) is 4.98 Å². The Morgan fingerprint density at radius 3 is 2.78 bits per heavy atom. The number of nitrogens with two attached hydrogens (primary N) is 2. The van der Waals surface area contributed by atoms with Crippen molar-refractivity contribution in [1.82, 2.24) is 9.97 Å². The van der Waals surface area contributed by atoms with Gasteiger partial charge in [0.05, 0.1) is 5.69 Å². The van der Waals surface area contributed by atoms with Crippen molar-refractivity contribution in [2.24, 2.45) is 0 Å². The minimum Gasteiger partial charge on any atom is -0.383 e. The smallest absolute Gasteiger partial charge is 0.222 e. The molecule has 5 heteroatoms. The zero-order valence-electron chi connectivity index (χ0n) is 9.78. The van der Waals surface area contributed by atoms with E-state index >= 15 is 0 Å². The van der Waals surface area contributed by atoms with Crippen LogP contribution in [0.5, 0.6) is 0 Å². The fourth-order valence-corrected chi connectivity index (χ4v) is 2.67. The molecule has 18 heavy (non-hydrogen) atoms. The Bertz CT molecular complexity index is 625. The van der Waals surface area contributed by atoms with Crippen molar-refractivity contribution < 1.29 is 0 Å². The molecule has 4 nitrogen and oxygen atoms in total. The monoisotopic (exact) mass is 260 g/mol. The van der Waals surface area contributed by atoms with Crippen molar-refractivity contribution in [1.29, 1.82) is 0 Å². The van der Waals surface area contributed by atoms with Crippen molar-refractivity contribution in [3.8, 4) is 11.1 Å². The summed E-state index contributed by atoms with van der Waals surface area (Å²) in [6.07, 6.45) is 2.83. The minimum atomic E-state index is 0.240. The summed E-state index contributed by atoms with van der Waals surface area (Å²) >= 11 is 6.04. The molecule has 0 bridgehead atoms. The fraction of sp³-hybridized carbons (Fsp3) is 0.231. The van der Waals surface area contributed by atoms with Crippen molar-refractivity contribution in [2.45, 2.75) is 19.3 Å². The maximum absolute atomic E-state index is 6.04. The number of nitrogens with zero attached hydrogens (tertiary/aromatic N) is 2. The van der Waals surface area contributed by atoms with Crippen LogP contribution in [0.4, 0.5) is 11.8 Å². The van der Waals surface area contributed by atoms with Gasteiger partial charge in [0.2, 0.25) is 5.95 Å². The van der Waals surface area contributed by atoms with E-state index < -0.39 is 0 Å². The lowest BCUT2D eigenvalue weighted by Crippen LogP contribution is -2.06. The molecule has 4 N–H and O–H groups in total. The highest BCUT2D eigenvalue weighted by Gasteiger charge is 2.19. The summed E-state index contributed by atoms with van der Waals surface area (Å²) in [5.41, 5.74) is 15.8. The number of nitrogen functional groups attached to an aromatic ring is 2. The number of benzene rings is 1. The fourth-order valence-electron chi connectivity index (χ4n) is 2.48. The molecule has 1 aromatic carbocycles. The number of aromatic nitrogens is 2. The van der Waals surface area contributed by atoms with Gasteiger partial charge in [0.25, 0.3) is 0 Å². The molecule has 0 saturated carbocycles. The lowest BCUT2D eigenvalue weighted by atomic mass is 9.99. The van der Waals surface area contributed by atoms with Gasteiger partial charge in [0, 0.05) is 10.6 Å². The molecule has 2 aromatic rings. The molecule has 1 aromatic heterocycles. The Morgan fingerprint density at radius 2 is 1.94 bits per heavy atom. The highest BCUT2D eigenvalue weighted by Crippen LogP contribution is 2.36. The zero-order valence-corrected chi connectivity index (χ0v) is 10.5.